The molecule has 3 aromatic rings. The third-order valence-corrected chi connectivity index (χ3v) is 5.62. The number of hydrogen-bond donors (Lipinski definition) is 0. The van der Waals surface area contributed by atoms with Crippen molar-refractivity contribution in [3.8, 4) is 16.3 Å². The number of thiophene rings is 1. The van der Waals surface area contributed by atoms with E-state index in [0.717, 1.165) is 16.3 Å². The first-order valence-electron chi connectivity index (χ1n) is 8.86. The molecule has 1 fully saturated rings. The standard InChI is InChI=1S/C20H20ClN3O2S/c1-13-11-23(12-14(2)26-13)20(25)18-10-17(19-4-3-9-27-19)22-24(18)16-7-5-15(21)6-8-16/h3-10,13-14H,11-12H2,1-2H3/t13-,14+. The van der Waals surface area contributed by atoms with E-state index < -0.39 is 0 Å². The fourth-order valence-electron chi connectivity index (χ4n) is 3.36. The highest BCUT2D eigenvalue weighted by molar-refractivity contribution is 7.13. The number of nitrogens with zero attached hydrogens (tertiary/aromatic N) is 3. The summed E-state index contributed by atoms with van der Waals surface area (Å²) >= 11 is 7.63. The maximum absolute atomic E-state index is 13.3. The molecule has 1 aliphatic heterocycles. The zero-order valence-corrected chi connectivity index (χ0v) is 16.7. The number of amides is 1. The highest BCUT2D eigenvalue weighted by Crippen LogP contribution is 2.27. The molecule has 0 bridgehead atoms. The van der Waals surface area contributed by atoms with Crippen molar-refractivity contribution in [2.75, 3.05) is 13.1 Å². The molecule has 0 aliphatic carbocycles. The predicted molar refractivity (Wildman–Crippen MR) is 108 cm³/mol. The van der Waals surface area contributed by atoms with Gasteiger partial charge in [0.1, 0.15) is 11.4 Å². The lowest BCUT2D eigenvalue weighted by atomic mass is 10.2. The van der Waals surface area contributed by atoms with Crippen molar-refractivity contribution in [1.82, 2.24) is 14.7 Å². The summed E-state index contributed by atoms with van der Waals surface area (Å²) in [6.07, 6.45) is 0.0303. The molecule has 2 aromatic heterocycles. The van der Waals surface area contributed by atoms with Crippen molar-refractivity contribution < 1.29 is 9.53 Å². The molecule has 0 spiro atoms. The minimum absolute atomic E-state index is 0.0152. The molecule has 5 nitrogen and oxygen atoms in total. The second-order valence-corrected chi connectivity index (χ2v) is 8.13. The van der Waals surface area contributed by atoms with Crippen molar-refractivity contribution >= 4 is 28.8 Å². The van der Waals surface area contributed by atoms with Gasteiger partial charge in [0, 0.05) is 18.1 Å². The smallest absolute Gasteiger partial charge is 0.272 e. The summed E-state index contributed by atoms with van der Waals surface area (Å²) in [5.74, 6) is -0.0396. The zero-order chi connectivity index (χ0) is 19.0. The van der Waals surface area contributed by atoms with Gasteiger partial charge in [-0.25, -0.2) is 4.68 Å². The van der Waals surface area contributed by atoms with Crippen LogP contribution in [0, 0.1) is 0 Å². The Morgan fingerprint density at radius 1 is 1.19 bits per heavy atom. The Labute approximate surface area is 167 Å². The summed E-state index contributed by atoms with van der Waals surface area (Å²) in [4.78, 5) is 16.2. The van der Waals surface area contributed by atoms with E-state index in [1.54, 1.807) is 28.2 Å². The van der Waals surface area contributed by atoms with Crippen molar-refractivity contribution in [3.05, 3.63) is 58.6 Å². The number of halogens is 1. The van der Waals surface area contributed by atoms with E-state index in [2.05, 4.69) is 0 Å². The number of benzene rings is 1. The highest BCUT2D eigenvalue weighted by Gasteiger charge is 2.29. The van der Waals surface area contributed by atoms with E-state index in [9.17, 15) is 4.79 Å². The van der Waals surface area contributed by atoms with Crippen LogP contribution in [0.4, 0.5) is 0 Å². The SMILES string of the molecule is C[C@@H]1CN(C(=O)c2cc(-c3cccs3)nn2-c2ccc(Cl)cc2)C[C@H](C)O1. The summed E-state index contributed by atoms with van der Waals surface area (Å²) < 4.78 is 7.47. The van der Waals surface area contributed by atoms with Gasteiger partial charge in [0.2, 0.25) is 0 Å². The number of hydrogen-bond acceptors (Lipinski definition) is 4. The molecule has 1 aliphatic rings. The van der Waals surface area contributed by atoms with Gasteiger partial charge >= 0.3 is 0 Å². The fourth-order valence-corrected chi connectivity index (χ4v) is 4.17. The van der Waals surface area contributed by atoms with E-state index in [1.807, 2.05) is 54.5 Å². The van der Waals surface area contributed by atoms with Crippen LogP contribution in [-0.4, -0.2) is 45.9 Å². The van der Waals surface area contributed by atoms with Gasteiger partial charge < -0.3 is 9.64 Å². The summed E-state index contributed by atoms with van der Waals surface area (Å²) in [5.41, 5.74) is 2.14. The van der Waals surface area contributed by atoms with Crippen molar-refractivity contribution in [1.29, 1.82) is 0 Å². The molecular formula is C20H20ClN3O2S. The first-order chi connectivity index (χ1) is 13.0. The molecule has 1 saturated heterocycles. The number of carbonyl (C=O) groups excluding carboxylic acids is 1. The van der Waals surface area contributed by atoms with Crippen LogP contribution in [0.5, 0.6) is 0 Å². The fraction of sp³-hybridized carbons (Fsp3) is 0.300. The number of carbonyl (C=O) groups is 1. The summed E-state index contributed by atoms with van der Waals surface area (Å²) in [6, 6.07) is 13.2. The molecule has 0 N–H and O–H groups in total. The first-order valence-corrected chi connectivity index (χ1v) is 10.1. The number of rotatable bonds is 3. The van der Waals surface area contributed by atoms with Gasteiger partial charge in [-0.15, -0.1) is 11.3 Å². The minimum atomic E-state index is -0.0396. The molecule has 27 heavy (non-hydrogen) atoms. The molecular weight excluding hydrogens is 382 g/mol. The molecule has 0 unspecified atom stereocenters. The van der Waals surface area contributed by atoms with Crippen LogP contribution in [0.3, 0.4) is 0 Å². The summed E-state index contributed by atoms with van der Waals surface area (Å²) in [6.45, 7) is 5.12. The Morgan fingerprint density at radius 3 is 2.52 bits per heavy atom. The summed E-state index contributed by atoms with van der Waals surface area (Å²) in [5, 5.41) is 7.36. The van der Waals surface area contributed by atoms with Gasteiger partial charge in [0.05, 0.1) is 22.8 Å². The van der Waals surface area contributed by atoms with Gasteiger partial charge in [0.15, 0.2) is 0 Å². The van der Waals surface area contributed by atoms with E-state index in [4.69, 9.17) is 21.4 Å². The summed E-state index contributed by atoms with van der Waals surface area (Å²) in [7, 11) is 0. The van der Waals surface area contributed by atoms with Gasteiger partial charge in [-0.3, -0.25) is 4.79 Å². The molecule has 140 valence electrons. The first kappa shape index (κ1) is 18.2. The lowest BCUT2D eigenvalue weighted by molar-refractivity contribution is -0.0588. The number of ether oxygens (including phenoxy) is 1. The zero-order valence-electron chi connectivity index (χ0n) is 15.1. The van der Waals surface area contributed by atoms with Crippen LogP contribution in [0.2, 0.25) is 5.02 Å². The topological polar surface area (TPSA) is 47.4 Å². The third-order valence-electron chi connectivity index (χ3n) is 4.48. The second-order valence-electron chi connectivity index (χ2n) is 6.75. The van der Waals surface area contributed by atoms with E-state index in [1.165, 1.54) is 0 Å². The maximum atomic E-state index is 13.3. The van der Waals surface area contributed by atoms with Gasteiger partial charge in [-0.1, -0.05) is 17.7 Å². The molecule has 0 radical (unpaired) electrons. The van der Waals surface area contributed by atoms with Crippen LogP contribution in [0.25, 0.3) is 16.3 Å². The normalized spacial score (nSPS) is 20.0. The molecule has 1 amide bonds. The Kier molecular flexibility index (Phi) is 5.04. The predicted octanol–water partition coefficient (Wildman–Crippen LogP) is 4.50. The van der Waals surface area contributed by atoms with E-state index >= 15 is 0 Å². The number of aromatic nitrogens is 2. The molecule has 0 saturated carbocycles. The van der Waals surface area contributed by atoms with Crippen molar-refractivity contribution in [3.63, 3.8) is 0 Å². The maximum Gasteiger partial charge on any atom is 0.272 e. The van der Waals surface area contributed by atoms with Gasteiger partial charge in [-0.2, -0.15) is 5.10 Å². The highest BCUT2D eigenvalue weighted by atomic mass is 35.5. The molecule has 4 rings (SSSR count). The average molecular weight is 402 g/mol. The van der Waals surface area contributed by atoms with E-state index in [-0.39, 0.29) is 18.1 Å². The van der Waals surface area contributed by atoms with Crippen molar-refractivity contribution in [2.24, 2.45) is 0 Å². The van der Waals surface area contributed by atoms with E-state index in [0.29, 0.717) is 23.8 Å². The molecule has 3 heterocycles. The van der Waals surface area contributed by atoms with Gasteiger partial charge in [0.25, 0.3) is 5.91 Å². The van der Waals surface area contributed by atoms with Crippen LogP contribution >= 0.6 is 22.9 Å². The Balaban J connectivity index is 1.76. The van der Waals surface area contributed by atoms with Gasteiger partial charge in [-0.05, 0) is 55.6 Å². The molecule has 7 heteroatoms. The monoisotopic (exact) mass is 401 g/mol. The number of morpholine rings is 1. The largest absolute Gasteiger partial charge is 0.372 e. The second kappa shape index (κ2) is 7.46. The van der Waals surface area contributed by atoms with Crippen LogP contribution in [0.1, 0.15) is 24.3 Å². The lowest BCUT2D eigenvalue weighted by Crippen LogP contribution is -2.48. The van der Waals surface area contributed by atoms with Crippen LogP contribution in [0.15, 0.2) is 47.8 Å². The Morgan fingerprint density at radius 2 is 1.89 bits per heavy atom. The molecule has 1 aromatic carbocycles. The Bertz CT molecular complexity index is 927. The quantitative estimate of drug-likeness (QED) is 0.649. The third kappa shape index (κ3) is 3.78. The average Bonchev–Trinajstić information content (AvgIpc) is 3.30. The molecule has 2 atom stereocenters. The lowest BCUT2D eigenvalue weighted by Gasteiger charge is -2.35. The van der Waals surface area contributed by atoms with Crippen LogP contribution in [-0.2, 0) is 4.74 Å². The minimum Gasteiger partial charge on any atom is -0.372 e. The Hall–Kier alpha value is -2.15. The van der Waals surface area contributed by atoms with Crippen LogP contribution < -0.4 is 0 Å². The van der Waals surface area contributed by atoms with Crippen molar-refractivity contribution in [2.45, 2.75) is 26.1 Å².